The fourth-order valence-electron chi connectivity index (χ4n) is 1.10. The first-order valence-electron chi connectivity index (χ1n) is 4.71. The van der Waals surface area contributed by atoms with Crippen molar-refractivity contribution in [1.29, 1.82) is 0 Å². The van der Waals surface area contributed by atoms with Crippen LogP contribution in [0, 0.1) is 0 Å². The van der Waals surface area contributed by atoms with E-state index < -0.39 is 25.0 Å². The molecular formula is C9H8Cl2F3N3O. The molecule has 4 nitrogen and oxygen atoms in total. The Bertz CT molecular complexity index is 453. The second-order valence-corrected chi connectivity index (χ2v) is 4.21. The summed E-state index contributed by atoms with van der Waals surface area (Å²) in [7, 11) is 1.23. The van der Waals surface area contributed by atoms with Crippen LogP contribution < -0.4 is 0 Å². The van der Waals surface area contributed by atoms with Gasteiger partial charge in [-0.2, -0.15) is 13.2 Å². The van der Waals surface area contributed by atoms with E-state index in [1.165, 1.54) is 7.05 Å². The molecule has 0 unspecified atom stereocenters. The lowest BCUT2D eigenvalue weighted by molar-refractivity contribution is -0.136. The van der Waals surface area contributed by atoms with E-state index in [9.17, 15) is 18.0 Å². The van der Waals surface area contributed by atoms with Crippen molar-refractivity contribution in [2.24, 2.45) is 0 Å². The highest BCUT2D eigenvalue weighted by Gasteiger charge is 2.28. The number of aromatic nitrogens is 2. The molecule has 0 radical (unpaired) electrons. The molecule has 1 amide bonds. The van der Waals surface area contributed by atoms with Crippen LogP contribution in [0.3, 0.4) is 0 Å². The maximum Gasteiger partial charge on any atom is 0.390 e. The Morgan fingerprint density at radius 2 is 2.00 bits per heavy atom. The third kappa shape index (κ3) is 4.30. The van der Waals surface area contributed by atoms with Gasteiger partial charge in [-0.15, -0.1) is 10.2 Å². The molecule has 0 N–H and O–H groups in total. The van der Waals surface area contributed by atoms with Gasteiger partial charge in [0.15, 0.2) is 10.3 Å². The Morgan fingerprint density at radius 1 is 1.39 bits per heavy atom. The fraction of sp³-hybridized carbons (Fsp3) is 0.444. The summed E-state index contributed by atoms with van der Waals surface area (Å²) in [5, 5.41) is 6.54. The molecule has 9 heteroatoms. The summed E-state index contributed by atoms with van der Waals surface area (Å²) in [6.07, 6.45) is -5.43. The van der Waals surface area contributed by atoms with Gasteiger partial charge >= 0.3 is 6.18 Å². The molecule has 1 aromatic heterocycles. The van der Waals surface area contributed by atoms with E-state index >= 15 is 0 Å². The number of amides is 1. The molecule has 1 heterocycles. The molecule has 18 heavy (non-hydrogen) atoms. The van der Waals surface area contributed by atoms with Crippen molar-refractivity contribution in [3.8, 4) is 0 Å². The first kappa shape index (κ1) is 15.0. The van der Waals surface area contributed by atoms with E-state index in [2.05, 4.69) is 10.2 Å². The zero-order chi connectivity index (χ0) is 13.9. The maximum absolute atomic E-state index is 12.0. The molecule has 0 aliphatic heterocycles. The Hall–Kier alpha value is -1.08. The Balaban J connectivity index is 2.77. The van der Waals surface area contributed by atoms with Gasteiger partial charge in [0.1, 0.15) is 0 Å². The molecule has 0 bridgehead atoms. The molecule has 0 fully saturated rings. The zero-order valence-corrected chi connectivity index (χ0v) is 10.6. The smallest absolute Gasteiger partial charge is 0.341 e. The molecule has 0 aliphatic carbocycles. The first-order chi connectivity index (χ1) is 8.20. The topological polar surface area (TPSA) is 46.1 Å². The Kier molecular flexibility index (Phi) is 4.75. The molecule has 0 saturated carbocycles. The Morgan fingerprint density at radius 3 is 2.56 bits per heavy atom. The number of hydrogen-bond donors (Lipinski definition) is 0. The number of nitrogens with zero attached hydrogens (tertiary/aromatic N) is 3. The summed E-state index contributed by atoms with van der Waals surface area (Å²) in [5.74, 6) is -0.693. The van der Waals surface area contributed by atoms with Crippen molar-refractivity contribution >= 4 is 29.1 Å². The second-order valence-electron chi connectivity index (χ2n) is 3.46. The van der Waals surface area contributed by atoms with Gasteiger partial charge in [-0.05, 0) is 6.07 Å². The third-order valence-electron chi connectivity index (χ3n) is 2.03. The SMILES string of the molecule is CN(CCC(F)(F)F)C(=O)c1cc(Cl)nnc1Cl. The van der Waals surface area contributed by atoms with Crippen LogP contribution in [0.4, 0.5) is 13.2 Å². The van der Waals surface area contributed by atoms with Crippen LogP contribution in [0.5, 0.6) is 0 Å². The van der Waals surface area contributed by atoms with Crippen LogP contribution in [-0.4, -0.2) is 40.8 Å². The minimum atomic E-state index is -4.33. The highest BCUT2D eigenvalue weighted by atomic mass is 35.5. The van der Waals surface area contributed by atoms with Gasteiger partial charge in [-0.25, -0.2) is 0 Å². The molecule has 1 rings (SSSR count). The zero-order valence-electron chi connectivity index (χ0n) is 9.13. The van der Waals surface area contributed by atoms with Gasteiger partial charge in [-0.1, -0.05) is 23.2 Å². The first-order valence-corrected chi connectivity index (χ1v) is 5.47. The standard InChI is InChI=1S/C9H8Cl2F3N3O/c1-17(3-2-9(12,13)14)8(18)5-4-6(10)15-16-7(5)11/h4H,2-3H2,1H3. The van der Waals surface area contributed by atoms with E-state index in [-0.39, 0.29) is 15.9 Å². The minimum absolute atomic E-state index is 0.0630. The highest BCUT2D eigenvalue weighted by Crippen LogP contribution is 2.21. The lowest BCUT2D eigenvalue weighted by Crippen LogP contribution is -2.31. The average molecular weight is 302 g/mol. The number of alkyl halides is 3. The van der Waals surface area contributed by atoms with Crippen molar-refractivity contribution in [1.82, 2.24) is 15.1 Å². The van der Waals surface area contributed by atoms with Crippen LogP contribution in [-0.2, 0) is 0 Å². The van der Waals surface area contributed by atoms with Crippen molar-refractivity contribution in [2.45, 2.75) is 12.6 Å². The van der Waals surface area contributed by atoms with Crippen LogP contribution in [0.2, 0.25) is 10.3 Å². The second kappa shape index (κ2) is 5.71. The normalized spacial score (nSPS) is 11.4. The van der Waals surface area contributed by atoms with Crippen molar-refractivity contribution in [3.05, 3.63) is 21.9 Å². The van der Waals surface area contributed by atoms with Crippen molar-refractivity contribution < 1.29 is 18.0 Å². The van der Waals surface area contributed by atoms with Gasteiger partial charge in [-0.3, -0.25) is 4.79 Å². The monoisotopic (exact) mass is 301 g/mol. The fourth-order valence-corrected chi connectivity index (χ4v) is 1.42. The van der Waals surface area contributed by atoms with Gasteiger partial charge in [0.05, 0.1) is 12.0 Å². The van der Waals surface area contributed by atoms with Crippen molar-refractivity contribution in [3.63, 3.8) is 0 Å². The minimum Gasteiger partial charge on any atom is -0.341 e. The van der Waals surface area contributed by atoms with E-state index in [4.69, 9.17) is 23.2 Å². The predicted octanol–water partition coefficient (Wildman–Crippen LogP) is 2.81. The van der Waals surface area contributed by atoms with Crippen LogP contribution in [0.1, 0.15) is 16.8 Å². The molecule has 0 atom stereocenters. The molecule has 0 saturated heterocycles. The van der Waals surface area contributed by atoms with Crippen LogP contribution in [0.25, 0.3) is 0 Å². The molecule has 0 spiro atoms. The molecular weight excluding hydrogens is 294 g/mol. The molecule has 0 aliphatic rings. The summed E-state index contributed by atoms with van der Waals surface area (Å²) in [6.45, 7) is -0.474. The number of hydrogen-bond acceptors (Lipinski definition) is 3. The number of carbonyl (C=O) groups is 1. The summed E-state index contributed by atoms with van der Waals surface area (Å²) in [6, 6.07) is 1.16. The summed E-state index contributed by atoms with van der Waals surface area (Å²) >= 11 is 11.2. The largest absolute Gasteiger partial charge is 0.390 e. The number of rotatable bonds is 3. The van der Waals surface area contributed by atoms with Crippen LogP contribution in [0.15, 0.2) is 6.07 Å². The quantitative estimate of drug-likeness (QED) is 0.862. The summed E-state index contributed by atoms with van der Waals surface area (Å²) < 4.78 is 36.1. The molecule has 1 aromatic rings. The van der Waals surface area contributed by atoms with Gasteiger partial charge in [0, 0.05) is 13.6 Å². The van der Waals surface area contributed by atoms with Crippen LogP contribution >= 0.6 is 23.2 Å². The summed E-state index contributed by atoms with van der Waals surface area (Å²) in [5.41, 5.74) is -0.0821. The molecule has 0 aromatic carbocycles. The van der Waals surface area contributed by atoms with E-state index in [0.29, 0.717) is 0 Å². The van der Waals surface area contributed by atoms with Gasteiger partial charge in [0.2, 0.25) is 0 Å². The lowest BCUT2D eigenvalue weighted by atomic mass is 10.2. The van der Waals surface area contributed by atoms with E-state index in [1.807, 2.05) is 0 Å². The number of carbonyl (C=O) groups excluding carboxylic acids is 1. The summed E-state index contributed by atoms with van der Waals surface area (Å²) in [4.78, 5) is 12.7. The predicted molar refractivity (Wildman–Crippen MR) is 59.7 cm³/mol. The lowest BCUT2D eigenvalue weighted by Gasteiger charge is -2.18. The maximum atomic E-state index is 12.0. The highest BCUT2D eigenvalue weighted by molar-refractivity contribution is 6.34. The Labute approximate surface area is 111 Å². The van der Waals surface area contributed by atoms with Gasteiger partial charge in [0.25, 0.3) is 5.91 Å². The average Bonchev–Trinajstić information content (AvgIpc) is 2.27. The number of halogens is 5. The van der Waals surface area contributed by atoms with E-state index in [1.54, 1.807) is 0 Å². The third-order valence-corrected chi connectivity index (χ3v) is 2.49. The van der Waals surface area contributed by atoms with Crippen molar-refractivity contribution in [2.75, 3.05) is 13.6 Å². The van der Waals surface area contributed by atoms with Gasteiger partial charge < -0.3 is 4.90 Å². The molecule has 100 valence electrons. The van der Waals surface area contributed by atoms with E-state index in [0.717, 1.165) is 11.0 Å².